The normalized spacial score (nSPS) is 29.2. The van der Waals surface area contributed by atoms with Crippen molar-refractivity contribution in [3.63, 3.8) is 0 Å². The summed E-state index contributed by atoms with van der Waals surface area (Å²) in [4.78, 5) is 133. The molecule has 0 bridgehead atoms. The van der Waals surface area contributed by atoms with E-state index in [1.807, 2.05) is 87.7 Å². The molecule has 0 spiro atoms. The molecule has 21 nitrogen and oxygen atoms in total. The molecule has 6 rings (SSSR count). The minimum absolute atomic E-state index is 0.0343. The van der Waals surface area contributed by atoms with E-state index in [2.05, 4.69) is 83.6 Å². The van der Waals surface area contributed by atoms with E-state index >= 15 is 0 Å². The topological polar surface area (TPSA) is 299 Å². The third kappa shape index (κ3) is 38.3. The van der Waals surface area contributed by atoms with Gasteiger partial charge in [0, 0.05) is 69.3 Å². The van der Waals surface area contributed by atoms with Crippen LogP contribution in [0, 0.1) is 35.5 Å². The minimum atomic E-state index is -0.923. The summed E-state index contributed by atoms with van der Waals surface area (Å²) >= 11 is 14.5. The van der Waals surface area contributed by atoms with Crippen LogP contribution >= 0.6 is 49.6 Å². The number of thioether (sulfide) groups is 1. The van der Waals surface area contributed by atoms with Crippen molar-refractivity contribution in [2.75, 3.05) is 36.7 Å². The fourth-order valence-electron chi connectivity index (χ4n) is 14.9. The molecule has 6 saturated carbocycles. The standard InChI is InChI=1S/C17H28O5.C15H24O3S.C14H22O3S.C14H24O3S.C13H20O3.C11H18O2S.2CH2O/c1-11(2)15(20)22-17(6)8-7-12(21-16(3,4)5)9-13(17)14(19)10-18;1-10(2)14(17)18-15(4)9-8-12(19-5)6-7-13(15)11(3)16;1-10(2)13(16)17-14(3)7-5-4-6-11(8-14)12(15)9-18;1-5-16-12-6-11(9-18)7-14(4,8-12)17-13(15)10(2)3;1-9(2)12(15)16-13(4)8-6-5-7-11(13)10(3)14;1-8(2)10(12)13-11(3)6-4-5-9(11)7-14;2*1-2/h12-13,18H,1,7-10H2,2-6H3;12-13H,1,6-9H2,2-5H3;11,18H,1,4-9H2,2-3H3;11-12,18H,2,5-9H2,1,3-4H3;11H,1,5-8H2,2-4H3;9,14H,1,4-7H2,2-3H3;2*1H2. The van der Waals surface area contributed by atoms with E-state index < -0.39 is 58.4 Å². The number of carbonyl (C=O) groups is 12. The summed E-state index contributed by atoms with van der Waals surface area (Å²) in [6.45, 7) is 57.9. The van der Waals surface area contributed by atoms with Gasteiger partial charge in [-0.15, -0.1) is 0 Å². The SMILES string of the molecule is C=C(C)C(=O)OC1(C)CC(CS)CC(OCC)C1.C=C(C)C(=O)OC1(C)CCC(OC(C)(C)C)CC1C(=O)CO.C=C(C)C(=O)OC1(C)CCC(SC)CCC1C(C)=O.C=C(C)C(=O)OC1(C)CCCC1CS.C=C(C)C(=O)OC1(C)CCCCC(C(=O)CS)C1.C=C(C)C(=O)OC1(C)CCCCC1C(C)=O.C=O.C=O. The Morgan fingerprint density at radius 3 is 1.28 bits per heavy atom. The van der Waals surface area contributed by atoms with Crippen LogP contribution in [-0.2, 0) is 95.4 Å². The van der Waals surface area contributed by atoms with Crippen LogP contribution in [0.5, 0.6) is 0 Å². The molecule has 6 aliphatic carbocycles. The largest absolute Gasteiger partial charge is 0.456 e. The summed E-state index contributed by atoms with van der Waals surface area (Å²) in [7, 11) is 0. The summed E-state index contributed by atoms with van der Waals surface area (Å²) in [6, 6.07) is 0. The first kappa shape index (κ1) is 108. The molecule has 0 amide bonds. The Balaban J connectivity index is 0. The predicted molar refractivity (Wildman–Crippen MR) is 450 cm³/mol. The lowest BCUT2D eigenvalue weighted by atomic mass is 9.73. The quantitative estimate of drug-likeness (QED) is 0.0229. The van der Waals surface area contributed by atoms with E-state index in [-0.39, 0.29) is 88.0 Å². The van der Waals surface area contributed by atoms with E-state index in [1.54, 1.807) is 62.3 Å². The van der Waals surface area contributed by atoms with Crippen LogP contribution in [0.4, 0.5) is 0 Å². The molecule has 25 heteroatoms. The van der Waals surface area contributed by atoms with Crippen molar-refractivity contribution in [2.24, 2.45) is 35.5 Å². The van der Waals surface area contributed by atoms with Gasteiger partial charge in [-0.2, -0.15) is 49.6 Å². The van der Waals surface area contributed by atoms with Crippen LogP contribution in [0.1, 0.15) is 266 Å². The zero-order valence-electron chi connectivity index (χ0n) is 70.8. The Morgan fingerprint density at radius 1 is 0.441 bits per heavy atom. The molecule has 111 heavy (non-hydrogen) atoms. The van der Waals surface area contributed by atoms with Crippen molar-refractivity contribution < 1.29 is 101 Å². The van der Waals surface area contributed by atoms with Crippen molar-refractivity contribution in [3.8, 4) is 0 Å². The number of esters is 6. The van der Waals surface area contributed by atoms with Gasteiger partial charge >= 0.3 is 35.8 Å². The summed E-state index contributed by atoms with van der Waals surface area (Å²) in [5.41, 5.74) is -1.51. The van der Waals surface area contributed by atoms with Crippen LogP contribution in [0.2, 0.25) is 0 Å². The molecule has 0 aromatic heterocycles. The number of hydrogen-bond acceptors (Lipinski definition) is 25. The van der Waals surface area contributed by atoms with Gasteiger partial charge in [-0.05, 0) is 270 Å². The van der Waals surface area contributed by atoms with Crippen LogP contribution in [0.15, 0.2) is 72.9 Å². The maximum absolute atomic E-state index is 12.1. The lowest BCUT2D eigenvalue weighted by Gasteiger charge is -2.44. The second-order valence-electron chi connectivity index (χ2n) is 32.8. The van der Waals surface area contributed by atoms with Crippen LogP contribution in [0.25, 0.3) is 0 Å². The lowest BCUT2D eigenvalue weighted by molar-refractivity contribution is -0.178. The number of ketones is 4. The Kier molecular flexibility index (Phi) is 49.9. The van der Waals surface area contributed by atoms with E-state index in [4.69, 9.17) is 47.5 Å². The zero-order valence-corrected chi connectivity index (χ0v) is 74.3. The second kappa shape index (κ2) is 51.5. The number of Topliss-reactive ketones (excluding diaryl/α,β-unsaturated/α-hetero) is 4. The highest BCUT2D eigenvalue weighted by molar-refractivity contribution is 7.99. The first-order valence-corrected chi connectivity index (χ1v) is 41.8. The van der Waals surface area contributed by atoms with Crippen LogP contribution in [0.3, 0.4) is 0 Å². The van der Waals surface area contributed by atoms with Gasteiger partial charge < -0.3 is 52.6 Å². The number of carbonyl (C=O) groups excluding carboxylic acids is 12. The van der Waals surface area contributed by atoms with Crippen molar-refractivity contribution in [3.05, 3.63) is 72.9 Å². The van der Waals surface area contributed by atoms with Gasteiger partial charge in [0.1, 0.15) is 71.1 Å². The molecule has 15 unspecified atom stereocenters. The molecule has 634 valence electrons. The monoisotopic (exact) mass is 1640 g/mol. The second-order valence-corrected chi connectivity index (χ2v) is 35.0. The molecule has 6 fully saturated rings. The van der Waals surface area contributed by atoms with Gasteiger partial charge in [-0.3, -0.25) is 19.2 Å². The molecule has 0 aromatic carbocycles. The average Bonchev–Trinajstić information content (AvgIpc) is 1.01. The van der Waals surface area contributed by atoms with Gasteiger partial charge in [0.05, 0.1) is 35.6 Å². The summed E-state index contributed by atoms with van der Waals surface area (Å²) in [6.07, 6.45) is 21.0. The Labute approximate surface area is 686 Å². The van der Waals surface area contributed by atoms with Crippen molar-refractivity contribution in [1.82, 2.24) is 0 Å². The number of aliphatic hydroxyl groups is 1. The summed E-state index contributed by atoms with van der Waals surface area (Å²) in [5.74, 6) is -0.514. The number of rotatable bonds is 24. The molecular formula is C86H140O21S4. The molecule has 0 radical (unpaired) electrons. The number of hydrogen-bond donors (Lipinski definition) is 4. The molecule has 0 saturated heterocycles. The van der Waals surface area contributed by atoms with Crippen LogP contribution < -0.4 is 0 Å². The molecule has 1 N–H and O–H groups in total. The Morgan fingerprint density at radius 2 is 0.856 bits per heavy atom. The zero-order chi connectivity index (χ0) is 86.4. The molecule has 0 aliphatic heterocycles. The van der Waals surface area contributed by atoms with Crippen LogP contribution in [-0.4, -0.2) is 171 Å². The van der Waals surface area contributed by atoms with Gasteiger partial charge in [0.2, 0.25) is 0 Å². The fourth-order valence-corrected chi connectivity index (χ4v) is 16.7. The Bertz CT molecular complexity index is 3140. The lowest BCUT2D eigenvalue weighted by Crippen LogP contribution is -2.51. The number of aliphatic hydroxyl groups excluding tert-OH is 1. The summed E-state index contributed by atoms with van der Waals surface area (Å²) in [5, 5.41) is 9.78. The van der Waals surface area contributed by atoms with E-state index in [1.165, 1.54) is 0 Å². The van der Waals surface area contributed by atoms with Gasteiger partial charge in [0.15, 0.2) is 5.78 Å². The Hall–Kier alpha value is -5.44. The number of thiol groups is 3. The smallest absolute Gasteiger partial charge is 0.333 e. The van der Waals surface area contributed by atoms with Gasteiger partial charge in [0.25, 0.3) is 0 Å². The van der Waals surface area contributed by atoms with E-state index in [0.717, 1.165) is 127 Å². The van der Waals surface area contributed by atoms with Crippen molar-refractivity contribution in [2.45, 2.75) is 323 Å². The summed E-state index contributed by atoms with van der Waals surface area (Å²) < 4.78 is 44.9. The third-order valence-corrected chi connectivity index (χ3v) is 23.4. The maximum Gasteiger partial charge on any atom is 0.333 e. The van der Waals surface area contributed by atoms with Gasteiger partial charge in [-0.25, -0.2) is 28.8 Å². The molecule has 0 heterocycles. The van der Waals surface area contributed by atoms with Gasteiger partial charge in [-0.1, -0.05) is 52.3 Å². The van der Waals surface area contributed by atoms with Crippen molar-refractivity contribution in [1.29, 1.82) is 0 Å². The first-order chi connectivity index (χ1) is 51.4. The minimum Gasteiger partial charge on any atom is -0.456 e. The highest BCUT2D eigenvalue weighted by atomic mass is 32.2. The maximum atomic E-state index is 12.1. The molecular weight excluding hydrogens is 1500 g/mol. The molecule has 6 aliphatic rings. The molecule has 15 atom stereocenters. The fraction of sp³-hybridized carbons (Fsp3) is 0.721. The van der Waals surface area contributed by atoms with Crippen molar-refractivity contribution >= 4 is 122 Å². The third-order valence-electron chi connectivity index (χ3n) is 21.0. The highest BCUT2D eigenvalue weighted by Gasteiger charge is 2.49. The first-order valence-electron chi connectivity index (χ1n) is 38.6. The highest BCUT2D eigenvalue weighted by Crippen LogP contribution is 2.44. The molecule has 0 aromatic rings. The van der Waals surface area contributed by atoms with E-state index in [9.17, 15) is 53.1 Å². The number of ether oxygens (including phenoxy) is 8. The predicted octanol–water partition coefficient (Wildman–Crippen LogP) is 16.6. The van der Waals surface area contributed by atoms with E-state index in [0.29, 0.717) is 82.8 Å². The average molecular weight is 1640 g/mol.